The van der Waals surface area contributed by atoms with Gasteiger partial charge in [0.2, 0.25) is 0 Å². The Morgan fingerprint density at radius 1 is 1.33 bits per heavy atom. The van der Waals surface area contributed by atoms with Gasteiger partial charge in [0, 0.05) is 12.0 Å². The van der Waals surface area contributed by atoms with Crippen LogP contribution in [-0.4, -0.2) is 17.8 Å². The minimum absolute atomic E-state index is 0.222. The van der Waals surface area contributed by atoms with Crippen LogP contribution in [0.3, 0.4) is 0 Å². The van der Waals surface area contributed by atoms with Gasteiger partial charge in [-0.2, -0.15) is 0 Å². The van der Waals surface area contributed by atoms with Gasteiger partial charge in [0.15, 0.2) is 0 Å². The van der Waals surface area contributed by atoms with Crippen molar-refractivity contribution in [1.82, 2.24) is 0 Å². The molecule has 0 bridgehead atoms. The molecular weight excluding hydrogens is 150 g/mol. The first-order chi connectivity index (χ1) is 5.79. The molecule has 2 aliphatic carbocycles. The summed E-state index contributed by atoms with van der Waals surface area (Å²) in [7, 11) is 0. The lowest BCUT2D eigenvalue weighted by Gasteiger charge is -2.27. The lowest BCUT2D eigenvalue weighted by atomic mass is 9.83. The van der Waals surface area contributed by atoms with Gasteiger partial charge in [0.1, 0.15) is 0 Å². The first-order valence-electron chi connectivity index (χ1n) is 5.18. The highest BCUT2D eigenvalue weighted by Crippen LogP contribution is 2.59. The van der Waals surface area contributed by atoms with Crippen LogP contribution in [0.1, 0.15) is 38.5 Å². The Hall–Kier alpha value is -0.0800. The molecule has 1 atom stereocenters. The summed E-state index contributed by atoms with van der Waals surface area (Å²) in [4.78, 5) is 0. The lowest BCUT2D eigenvalue weighted by molar-refractivity contribution is 0.0622. The Balaban J connectivity index is 2.00. The van der Waals surface area contributed by atoms with E-state index in [-0.39, 0.29) is 11.5 Å². The quantitative estimate of drug-likeness (QED) is 0.668. The summed E-state index contributed by atoms with van der Waals surface area (Å²) in [6.07, 6.45) is 7.61. The number of hydrogen-bond donors (Lipinski definition) is 2. The molecule has 2 heteroatoms. The molecule has 0 spiro atoms. The molecule has 2 saturated carbocycles. The van der Waals surface area contributed by atoms with Gasteiger partial charge in [0.25, 0.3) is 0 Å². The van der Waals surface area contributed by atoms with Crippen molar-refractivity contribution in [3.8, 4) is 0 Å². The minimum Gasteiger partial charge on any atom is -0.391 e. The highest BCUT2D eigenvalue weighted by atomic mass is 16.3. The maximum absolute atomic E-state index is 9.78. The average molecular weight is 169 g/mol. The molecule has 12 heavy (non-hydrogen) atoms. The smallest absolute Gasteiger partial charge is 0.0721 e. The van der Waals surface area contributed by atoms with Crippen LogP contribution in [0.5, 0.6) is 0 Å². The van der Waals surface area contributed by atoms with Crippen molar-refractivity contribution in [3.63, 3.8) is 0 Å². The Morgan fingerprint density at radius 3 is 2.33 bits per heavy atom. The van der Waals surface area contributed by atoms with E-state index in [0.717, 1.165) is 5.92 Å². The van der Waals surface area contributed by atoms with E-state index < -0.39 is 0 Å². The van der Waals surface area contributed by atoms with Crippen molar-refractivity contribution in [1.29, 1.82) is 0 Å². The van der Waals surface area contributed by atoms with E-state index in [9.17, 15) is 5.11 Å². The Labute approximate surface area is 74.1 Å². The summed E-state index contributed by atoms with van der Waals surface area (Å²) in [6.45, 7) is 0.455. The molecule has 0 aromatic carbocycles. The fourth-order valence-corrected chi connectivity index (χ4v) is 2.89. The van der Waals surface area contributed by atoms with Crippen LogP contribution < -0.4 is 5.73 Å². The second-order valence-corrected chi connectivity index (χ2v) is 4.47. The van der Waals surface area contributed by atoms with Gasteiger partial charge in [-0.1, -0.05) is 12.8 Å². The van der Waals surface area contributed by atoms with Crippen molar-refractivity contribution in [2.75, 3.05) is 6.54 Å². The van der Waals surface area contributed by atoms with Crippen molar-refractivity contribution in [2.24, 2.45) is 17.1 Å². The first kappa shape index (κ1) is 8.52. The van der Waals surface area contributed by atoms with Gasteiger partial charge in [-0.3, -0.25) is 0 Å². The van der Waals surface area contributed by atoms with Gasteiger partial charge in [-0.05, 0) is 31.6 Å². The van der Waals surface area contributed by atoms with Crippen LogP contribution in [0.4, 0.5) is 0 Å². The predicted molar refractivity (Wildman–Crippen MR) is 48.7 cm³/mol. The molecule has 2 rings (SSSR count). The lowest BCUT2D eigenvalue weighted by Crippen LogP contribution is -2.34. The first-order valence-corrected chi connectivity index (χ1v) is 5.18. The van der Waals surface area contributed by atoms with E-state index in [1.54, 1.807) is 0 Å². The van der Waals surface area contributed by atoms with Crippen molar-refractivity contribution >= 4 is 0 Å². The molecule has 0 aliphatic heterocycles. The van der Waals surface area contributed by atoms with E-state index in [1.165, 1.54) is 38.5 Å². The van der Waals surface area contributed by atoms with Gasteiger partial charge in [0.05, 0.1) is 6.10 Å². The molecule has 1 unspecified atom stereocenters. The summed E-state index contributed by atoms with van der Waals surface area (Å²) in [5.74, 6) is 0.788. The second kappa shape index (κ2) is 3.00. The van der Waals surface area contributed by atoms with E-state index >= 15 is 0 Å². The summed E-state index contributed by atoms with van der Waals surface area (Å²) in [5, 5.41) is 9.78. The Kier molecular flexibility index (Phi) is 2.13. The molecule has 2 aliphatic rings. The fourth-order valence-electron chi connectivity index (χ4n) is 2.89. The van der Waals surface area contributed by atoms with E-state index in [4.69, 9.17) is 5.73 Å². The van der Waals surface area contributed by atoms with Crippen molar-refractivity contribution < 1.29 is 5.11 Å². The van der Waals surface area contributed by atoms with Crippen LogP contribution in [0, 0.1) is 11.3 Å². The standard InChI is InChI=1S/C10H19NO/c11-7-9(12)10(5-6-10)8-3-1-2-4-8/h8-9,12H,1-7,11H2. The summed E-state index contributed by atoms with van der Waals surface area (Å²) < 4.78 is 0. The molecule has 0 saturated heterocycles. The third-order valence-corrected chi connectivity index (χ3v) is 3.88. The van der Waals surface area contributed by atoms with Crippen LogP contribution >= 0.6 is 0 Å². The molecule has 0 aromatic heterocycles. The molecule has 0 aromatic rings. The van der Waals surface area contributed by atoms with E-state index in [2.05, 4.69) is 0 Å². The maximum atomic E-state index is 9.78. The summed E-state index contributed by atoms with van der Waals surface area (Å²) in [6, 6.07) is 0. The maximum Gasteiger partial charge on any atom is 0.0721 e. The SMILES string of the molecule is NCC(O)C1(C2CCCC2)CC1. The molecule has 2 fully saturated rings. The van der Waals surface area contributed by atoms with Crippen LogP contribution in [0.15, 0.2) is 0 Å². The fraction of sp³-hybridized carbons (Fsp3) is 1.00. The number of nitrogens with two attached hydrogens (primary N) is 1. The van der Waals surface area contributed by atoms with Gasteiger partial charge in [-0.15, -0.1) is 0 Å². The normalized spacial score (nSPS) is 30.5. The zero-order valence-electron chi connectivity index (χ0n) is 7.63. The number of rotatable bonds is 3. The van der Waals surface area contributed by atoms with E-state index in [0.29, 0.717) is 6.54 Å². The van der Waals surface area contributed by atoms with Crippen LogP contribution in [0.2, 0.25) is 0 Å². The summed E-state index contributed by atoms with van der Waals surface area (Å²) in [5.41, 5.74) is 5.78. The molecule has 0 heterocycles. The molecule has 3 N–H and O–H groups in total. The largest absolute Gasteiger partial charge is 0.391 e. The molecule has 2 nitrogen and oxygen atoms in total. The zero-order valence-corrected chi connectivity index (χ0v) is 7.63. The summed E-state index contributed by atoms with van der Waals surface area (Å²) >= 11 is 0. The van der Waals surface area contributed by atoms with E-state index in [1.807, 2.05) is 0 Å². The topological polar surface area (TPSA) is 46.2 Å². The average Bonchev–Trinajstić information content (AvgIpc) is 2.73. The highest BCUT2D eigenvalue weighted by Gasteiger charge is 2.53. The third-order valence-electron chi connectivity index (χ3n) is 3.88. The Bertz CT molecular complexity index is 159. The number of aliphatic hydroxyl groups is 1. The Morgan fingerprint density at radius 2 is 1.92 bits per heavy atom. The zero-order chi connectivity index (χ0) is 8.60. The predicted octanol–water partition coefficient (Wildman–Crippen LogP) is 1.28. The second-order valence-electron chi connectivity index (χ2n) is 4.47. The van der Waals surface area contributed by atoms with Gasteiger partial charge < -0.3 is 10.8 Å². The van der Waals surface area contributed by atoms with Crippen LogP contribution in [-0.2, 0) is 0 Å². The molecule has 70 valence electrons. The van der Waals surface area contributed by atoms with Crippen molar-refractivity contribution in [2.45, 2.75) is 44.6 Å². The minimum atomic E-state index is -0.222. The molecular formula is C10H19NO. The number of hydrogen-bond acceptors (Lipinski definition) is 2. The van der Waals surface area contributed by atoms with Crippen LogP contribution in [0.25, 0.3) is 0 Å². The van der Waals surface area contributed by atoms with Gasteiger partial charge in [-0.25, -0.2) is 0 Å². The van der Waals surface area contributed by atoms with Gasteiger partial charge >= 0.3 is 0 Å². The number of aliphatic hydroxyl groups excluding tert-OH is 1. The third kappa shape index (κ3) is 1.17. The monoisotopic (exact) mass is 169 g/mol. The molecule has 0 amide bonds. The molecule has 0 radical (unpaired) electrons. The highest BCUT2D eigenvalue weighted by molar-refractivity contribution is 5.04. The van der Waals surface area contributed by atoms with Crippen molar-refractivity contribution in [3.05, 3.63) is 0 Å².